The summed E-state index contributed by atoms with van der Waals surface area (Å²) in [6.07, 6.45) is 9.44. The summed E-state index contributed by atoms with van der Waals surface area (Å²) in [5, 5.41) is 0. The highest BCUT2D eigenvalue weighted by Gasteiger charge is 2.23. The number of nitrogens with zero attached hydrogens (tertiary/aromatic N) is 1. The van der Waals surface area contributed by atoms with E-state index in [2.05, 4.69) is 23.2 Å². The number of hydrogen-bond donors (Lipinski definition) is 0. The Morgan fingerprint density at radius 1 is 1.53 bits per heavy atom. The van der Waals surface area contributed by atoms with Crippen LogP contribution < -0.4 is 0 Å². The molecule has 2 aliphatic rings. The van der Waals surface area contributed by atoms with Crippen LogP contribution in [0.2, 0.25) is 0 Å². The van der Waals surface area contributed by atoms with Gasteiger partial charge >= 0.3 is 0 Å². The normalized spacial score (nSPS) is 19.9. The van der Waals surface area contributed by atoms with E-state index >= 15 is 0 Å². The van der Waals surface area contributed by atoms with Gasteiger partial charge in [0.05, 0.1) is 3.51 Å². The van der Waals surface area contributed by atoms with Crippen LogP contribution in [-0.2, 0) is 4.79 Å². The molecule has 1 amide bonds. The Balaban J connectivity index is 2.06. The average Bonchev–Trinajstić information content (AvgIpc) is 2.26. The fraction of sp³-hybridized carbons (Fsp3) is 0.571. The lowest BCUT2D eigenvalue weighted by Crippen LogP contribution is -2.32. The minimum Gasteiger partial charge on any atom is -0.341 e. The van der Waals surface area contributed by atoms with Gasteiger partial charge in [-0.25, -0.2) is 0 Å². The van der Waals surface area contributed by atoms with Gasteiger partial charge in [0.15, 0.2) is 0 Å². The second-order valence-corrected chi connectivity index (χ2v) is 7.25. The highest BCUT2D eigenvalue weighted by molar-refractivity contribution is 14.2. The van der Waals surface area contributed by atoms with Crippen LogP contribution in [0.25, 0.3) is 0 Å². The zero-order valence-electron chi connectivity index (χ0n) is 10.6. The topological polar surface area (TPSA) is 20.3 Å². The molecular formula is C14H20INO. The number of halogens is 1. The number of carbonyl (C=O) groups is 1. The zero-order valence-corrected chi connectivity index (χ0v) is 12.7. The third-order valence-electron chi connectivity index (χ3n) is 3.42. The number of hydrogen-bond acceptors (Lipinski definition) is 1. The summed E-state index contributed by atoms with van der Waals surface area (Å²) in [6, 6.07) is 0. The molecule has 3 heteroatoms. The van der Waals surface area contributed by atoms with Crippen molar-refractivity contribution >= 4 is 30.1 Å². The van der Waals surface area contributed by atoms with E-state index in [1.807, 2.05) is 11.9 Å². The summed E-state index contributed by atoms with van der Waals surface area (Å²) in [5.74, 6) is 0.982. The van der Waals surface area contributed by atoms with Crippen molar-refractivity contribution in [3.8, 4) is 0 Å². The van der Waals surface area contributed by atoms with E-state index in [0.717, 1.165) is 22.4 Å². The maximum Gasteiger partial charge on any atom is 0.259 e. The first-order valence-corrected chi connectivity index (χ1v) is 8.68. The summed E-state index contributed by atoms with van der Waals surface area (Å²) in [7, 11) is 1.91. The third kappa shape index (κ3) is 3.06. The maximum atomic E-state index is 12.2. The van der Waals surface area contributed by atoms with E-state index in [0.29, 0.717) is 0 Å². The molecule has 0 aromatic rings. The van der Waals surface area contributed by atoms with Crippen LogP contribution in [0.1, 0.15) is 32.6 Å². The van der Waals surface area contributed by atoms with Crippen molar-refractivity contribution in [2.45, 2.75) is 32.6 Å². The molecule has 94 valence electrons. The van der Waals surface area contributed by atoms with Crippen LogP contribution in [0, 0.1) is 5.92 Å². The minimum absolute atomic E-state index is 0.202. The highest BCUT2D eigenvalue weighted by atomic mass is 127. The van der Waals surface area contributed by atoms with E-state index < -0.39 is 0 Å². The van der Waals surface area contributed by atoms with Gasteiger partial charge in [-0.1, -0.05) is 40.2 Å². The van der Waals surface area contributed by atoms with Crippen LogP contribution >= 0.6 is 20.7 Å². The largest absolute Gasteiger partial charge is 0.341 e. The standard InChI is InChI=1S/C14H20INO/c1-3-9-16(2)14(17)13-10-12(7-8-15-13)11-5-4-6-11/h7-8,10-11H,3-6,9H2,1-2H3. The Morgan fingerprint density at radius 3 is 2.88 bits per heavy atom. The van der Waals surface area contributed by atoms with Gasteiger partial charge in [0.25, 0.3) is 5.91 Å². The van der Waals surface area contributed by atoms with Crippen LogP contribution in [0.5, 0.6) is 0 Å². The second-order valence-electron chi connectivity index (χ2n) is 4.75. The lowest BCUT2D eigenvalue weighted by molar-refractivity contribution is -0.122. The molecule has 17 heavy (non-hydrogen) atoms. The molecule has 0 unspecified atom stereocenters. The third-order valence-corrected chi connectivity index (χ3v) is 5.58. The number of rotatable bonds is 4. The maximum absolute atomic E-state index is 12.2. The molecule has 1 saturated carbocycles. The Bertz CT molecular complexity index is 391. The van der Waals surface area contributed by atoms with Crippen LogP contribution in [0.3, 0.4) is 0 Å². The fourth-order valence-corrected chi connectivity index (χ4v) is 4.32. The smallest absolute Gasteiger partial charge is 0.259 e. The fourth-order valence-electron chi connectivity index (χ4n) is 2.12. The molecule has 1 fully saturated rings. The molecule has 0 atom stereocenters. The lowest BCUT2D eigenvalue weighted by Gasteiger charge is -2.28. The number of amides is 1. The first-order chi connectivity index (χ1) is 8.22. The Labute approximate surface area is 114 Å². The van der Waals surface area contributed by atoms with Gasteiger partial charge in [0.2, 0.25) is 0 Å². The molecule has 0 bridgehead atoms. The average molecular weight is 345 g/mol. The Morgan fingerprint density at radius 2 is 2.29 bits per heavy atom. The van der Waals surface area contributed by atoms with Gasteiger partial charge in [0.1, 0.15) is 0 Å². The Hall–Kier alpha value is -0.450. The quantitative estimate of drug-likeness (QED) is 0.717. The highest BCUT2D eigenvalue weighted by Crippen LogP contribution is 2.35. The summed E-state index contributed by atoms with van der Waals surface area (Å²) in [6.45, 7) is 2.97. The molecule has 0 aromatic heterocycles. The van der Waals surface area contributed by atoms with E-state index in [1.54, 1.807) is 0 Å². The predicted octanol–water partition coefficient (Wildman–Crippen LogP) is 3.25. The molecule has 0 saturated heterocycles. The van der Waals surface area contributed by atoms with E-state index in [4.69, 9.17) is 0 Å². The first kappa shape index (κ1) is 13.0. The van der Waals surface area contributed by atoms with Crippen molar-refractivity contribution in [1.29, 1.82) is 0 Å². The molecular weight excluding hydrogens is 325 g/mol. The summed E-state index contributed by atoms with van der Waals surface area (Å²) in [4.78, 5) is 14.1. The molecule has 0 radical (unpaired) electrons. The van der Waals surface area contributed by atoms with Gasteiger partial charge in [-0.15, -0.1) is 0 Å². The van der Waals surface area contributed by atoms with Crippen molar-refractivity contribution in [1.82, 2.24) is 4.90 Å². The predicted molar refractivity (Wildman–Crippen MR) is 81.5 cm³/mol. The van der Waals surface area contributed by atoms with Crippen LogP contribution in [-0.4, -0.2) is 27.9 Å². The van der Waals surface area contributed by atoms with Gasteiger partial charge in [-0.05, 0) is 40.9 Å². The molecule has 1 heterocycles. The van der Waals surface area contributed by atoms with Crippen LogP contribution in [0.15, 0.2) is 21.8 Å². The minimum atomic E-state index is -0.202. The molecule has 1 aliphatic carbocycles. The lowest BCUT2D eigenvalue weighted by atomic mass is 9.79. The first-order valence-electron chi connectivity index (χ1n) is 6.36. The van der Waals surface area contributed by atoms with Gasteiger partial charge in [-0.3, -0.25) is 4.79 Å². The van der Waals surface area contributed by atoms with Gasteiger partial charge in [-0.2, -0.15) is 0 Å². The van der Waals surface area contributed by atoms with Crippen molar-refractivity contribution in [2.24, 2.45) is 5.92 Å². The molecule has 2 rings (SSSR count). The second kappa shape index (κ2) is 5.94. The van der Waals surface area contributed by atoms with E-state index in [9.17, 15) is 4.79 Å². The molecule has 0 spiro atoms. The monoisotopic (exact) mass is 345 g/mol. The van der Waals surface area contributed by atoms with Gasteiger partial charge in [0, 0.05) is 13.6 Å². The van der Waals surface area contributed by atoms with Crippen LogP contribution in [0.4, 0.5) is 0 Å². The van der Waals surface area contributed by atoms with Crippen molar-refractivity contribution in [2.75, 3.05) is 13.6 Å². The molecule has 1 aliphatic heterocycles. The van der Waals surface area contributed by atoms with Crippen molar-refractivity contribution in [3.63, 3.8) is 0 Å². The van der Waals surface area contributed by atoms with Crippen molar-refractivity contribution < 1.29 is 4.79 Å². The van der Waals surface area contributed by atoms with Crippen molar-refractivity contribution in [3.05, 3.63) is 21.8 Å². The zero-order chi connectivity index (χ0) is 12.3. The molecule has 0 N–H and O–H groups in total. The van der Waals surface area contributed by atoms with E-state index in [1.165, 1.54) is 24.8 Å². The Kier molecular flexibility index (Phi) is 4.54. The number of carbonyl (C=O) groups excluding carboxylic acids is 1. The van der Waals surface area contributed by atoms with Gasteiger partial charge < -0.3 is 4.90 Å². The summed E-state index contributed by atoms with van der Waals surface area (Å²) in [5.41, 5.74) is 1.40. The molecule has 0 aromatic carbocycles. The summed E-state index contributed by atoms with van der Waals surface area (Å²) < 4.78 is 3.32. The van der Waals surface area contributed by atoms with E-state index in [-0.39, 0.29) is 26.6 Å². The molecule has 2 nitrogen and oxygen atoms in total. The number of allylic oxidation sites excluding steroid dienone is 2. The SMILES string of the molecule is CCCN(C)C(=O)C1=IC=CC(C2CCC2)=C1. The summed E-state index contributed by atoms with van der Waals surface area (Å²) >= 11 is -0.202.